The van der Waals surface area contributed by atoms with Crippen LogP contribution in [0.15, 0.2) is 18.2 Å². The Balaban J connectivity index is 2.34. The molecule has 0 aliphatic carbocycles. The van der Waals surface area contributed by atoms with Gasteiger partial charge in [-0.1, -0.05) is 19.9 Å². The third-order valence-electron chi connectivity index (χ3n) is 3.48. The van der Waals surface area contributed by atoms with Crippen LogP contribution in [0.5, 0.6) is 0 Å². The molecule has 0 N–H and O–H groups in total. The van der Waals surface area contributed by atoms with Gasteiger partial charge in [-0.05, 0) is 24.0 Å². The molecule has 2 atom stereocenters. The van der Waals surface area contributed by atoms with Crippen LogP contribution in [0, 0.1) is 17.7 Å². The zero-order chi connectivity index (χ0) is 11.7. The van der Waals surface area contributed by atoms with Gasteiger partial charge in [0.15, 0.2) is 6.29 Å². The second-order valence-electron chi connectivity index (χ2n) is 4.65. The van der Waals surface area contributed by atoms with Crippen molar-refractivity contribution in [3.05, 3.63) is 29.6 Å². The van der Waals surface area contributed by atoms with E-state index in [9.17, 15) is 9.18 Å². The first-order valence-corrected chi connectivity index (χ1v) is 5.62. The van der Waals surface area contributed by atoms with Crippen LogP contribution in [0.3, 0.4) is 0 Å². The third-order valence-corrected chi connectivity index (χ3v) is 3.48. The van der Waals surface area contributed by atoms with Crippen molar-refractivity contribution in [2.75, 3.05) is 18.0 Å². The van der Waals surface area contributed by atoms with Crippen molar-refractivity contribution in [2.45, 2.75) is 13.8 Å². The van der Waals surface area contributed by atoms with Crippen LogP contribution in [-0.2, 0) is 0 Å². The Kier molecular flexibility index (Phi) is 2.95. The molecule has 0 radical (unpaired) electrons. The highest BCUT2D eigenvalue weighted by molar-refractivity contribution is 5.85. The van der Waals surface area contributed by atoms with Crippen LogP contribution in [0.2, 0.25) is 0 Å². The molecule has 1 aliphatic heterocycles. The fourth-order valence-corrected chi connectivity index (χ4v) is 2.24. The van der Waals surface area contributed by atoms with E-state index >= 15 is 0 Å². The van der Waals surface area contributed by atoms with Gasteiger partial charge in [0.05, 0.1) is 11.3 Å². The van der Waals surface area contributed by atoms with Crippen molar-refractivity contribution in [3.63, 3.8) is 0 Å². The van der Waals surface area contributed by atoms with E-state index in [1.807, 2.05) is 6.07 Å². The van der Waals surface area contributed by atoms with Gasteiger partial charge in [0.25, 0.3) is 0 Å². The fraction of sp³-hybridized carbons (Fsp3) is 0.462. The number of benzene rings is 1. The highest BCUT2D eigenvalue weighted by Gasteiger charge is 2.27. The van der Waals surface area contributed by atoms with Crippen molar-refractivity contribution in [3.8, 4) is 0 Å². The van der Waals surface area contributed by atoms with Crippen LogP contribution in [-0.4, -0.2) is 19.4 Å². The average Bonchev–Trinajstić information content (AvgIpc) is 2.59. The smallest absolute Gasteiger partial charge is 0.155 e. The quantitative estimate of drug-likeness (QED) is 0.716. The molecule has 1 aliphatic rings. The first kappa shape index (κ1) is 11.1. The van der Waals surface area contributed by atoms with Gasteiger partial charge < -0.3 is 4.90 Å². The maximum atomic E-state index is 13.4. The number of carbonyl (C=O) groups excluding carboxylic acids is 1. The Morgan fingerprint density at radius 2 is 1.94 bits per heavy atom. The summed E-state index contributed by atoms with van der Waals surface area (Å²) in [5, 5.41) is 0. The zero-order valence-corrected chi connectivity index (χ0v) is 9.61. The standard InChI is InChI=1S/C13H16FNO/c1-9-6-15(7-10(9)2)13-5-3-4-12(14)11(13)8-16/h3-5,8-10H,6-7H2,1-2H3. The highest BCUT2D eigenvalue weighted by atomic mass is 19.1. The summed E-state index contributed by atoms with van der Waals surface area (Å²) in [6.07, 6.45) is 0.609. The lowest BCUT2D eigenvalue weighted by atomic mass is 10.0. The van der Waals surface area contributed by atoms with E-state index in [4.69, 9.17) is 0 Å². The lowest BCUT2D eigenvalue weighted by Gasteiger charge is -2.20. The van der Waals surface area contributed by atoms with Crippen LogP contribution >= 0.6 is 0 Å². The topological polar surface area (TPSA) is 20.3 Å². The molecular weight excluding hydrogens is 205 g/mol. The largest absolute Gasteiger partial charge is 0.370 e. The van der Waals surface area contributed by atoms with E-state index in [1.165, 1.54) is 6.07 Å². The molecule has 2 rings (SSSR count). The van der Waals surface area contributed by atoms with E-state index in [0.717, 1.165) is 18.8 Å². The SMILES string of the molecule is CC1CN(c2cccc(F)c2C=O)CC1C. The molecule has 3 heteroatoms. The summed E-state index contributed by atoms with van der Waals surface area (Å²) in [6.45, 7) is 6.16. The molecule has 1 fully saturated rings. The van der Waals surface area contributed by atoms with Crippen molar-refractivity contribution < 1.29 is 9.18 Å². The van der Waals surface area contributed by atoms with Crippen LogP contribution in [0.25, 0.3) is 0 Å². The molecule has 0 bridgehead atoms. The first-order chi connectivity index (χ1) is 7.63. The minimum Gasteiger partial charge on any atom is -0.370 e. The second-order valence-corrected chi connectivity index (χ2v) is 4.65. The molecule has 86 valence electrons. The maximum Gasteiger partial charge on any atom is 0.155 e. The van der Waals surface area contributed by atoms with Crippen LogP contribution < -0.4 is 4.90 Å². The van der Waals surface area contributed by atoms with E-state index in [-0.39, 0.29) is 5.56 Å². The number of hydrogen-bond acceptors (Lipinski definition) is 2. The van der Waals surface area contributed by atoms with Crippen molar-refractivity contribution in [1.29, 1.82) is 0 Å². The number of carbonyl (C=O) groups is 1. The lowest BCUT2D eigenvalue weighted by molar-refractivity contribution is 0.112. The summed E-state index contributed by atoms with van der Waals surface area (Å²) in [6, 6.07) is 4.80. The summed E-state index contributed by atoms with van der Waals surface area (Å²) in [5.74, 6) is 0.741. The molecule has 2 nitrogen and oxygen atoms in total. The molecule has 16 heavy (non-hydrogen) atoms. The first-order valence-electron chi connectivity index (χ1n) is 5.62. The minimum atomic E-state index is -0.431. The molecular formula is C13H16FNO. The van der Waals surface area contributed by atoms with Gasteiger partial charge in [0.2, 0.25) is 0 Å². The number of aldehydes is 1. The summed E-state index contributed by atoms with van der Waals surface area (Å²) >= 11 is 0. The average molecular weight is 221 g/mol. The maximum absolute atomic E-state index is 13.4. The van der Waals surface area contributed by atoms with E-state index < -0.39 is 5.82 Å². The highest BCUT2D eigenvalue weighted by Crippen LogP contribution is 2.30. The fourth-order valence-electron chi connectivity index (χ4n) is 2.24. The van der Waals surface area contributed by atoms with Crippen molar-refractivity contribution >= 4 is 12.0 Å². The number of anilines is 1. The Bertz CT molecular complexity index is 395. The number of hydrogen-bond donors (Lipinski definition) is 0. The van der Waals surface area contributed by atoms with Gasteiger partial charge in [0, 0.05) is 13.1 Å². The molecule has 1 saturated heterocycles. The van der Waals surface area contributed by atoms with Gasteiger partial charge in [-0.15, -0.1) is 0 Å². The predicted octanol–water partition coefficient (Wildman–Crippen LogP) is 2.73. The molecule has 0 amide bonds. The Morgan fingerprint density at radius 1 is 1.31 bits per heavy atom. The van der Waals surface area contributed by atoms with E-state index in [2.05, 4.69) is 18.7 Å². The van der Waals surface area contributed by atoms with Crippen molar-refractivity contribution in [1.82, 2.24) is 0 Å². The third kappa shape index (κ3) is 1.82. The number of rotatable bonds is 2. The summed E-state index contributed by atoms with van der Waals surface area (Å²) in [4.78, 5) is 13.0. The molecule has 0 saturated carbocycles. The van der Waals surface area contributed by atoms with E-state index in [1.54, 1.807) is 6.07 Å². The van der Waals surface area contributed by atoms with E-state index in [0.29, 0.717) is 18.1 Å². The van der Waals surface area contributed by atoms with Crippen LogP contribution in [0.1, 0.15) is 24.2 Å². The molecule has 1 heterocycles. The molecule has 1 aromatic carbocycles. The molecule has 0 spiro atoms. The second kappa shape index (κ2) is 4.24. The molecule has 2 unspecified atom stereocenters. The summed E-state index contributed by atoms with van der Waals surface area (Å²) in [7, 11) is 0. The van der Waals surface area contributed by atoms with Crippen molar-refractivity contribution in [2.24, 2.45) is 11.8 Å². The number of nitrogens with zero attached hydrogens (tertiary/aromatic N) is 1. The Hall–Kier alpha value is -1.38. The van der Waals surface area contributed by atoms with Gasteiger partial charge in [-0.25, -0.2) is 4.39 Å². The Morgan fingerprint density at radius 3 is 2.50 bits per heavy atom. The monoisotopic (exact) mass is 221 g/mol. The van der Waals surface area contributed by atoms with Crippen LogP contribution in [0.4, 0.5) is 10.1 Å². The van der Waals surface area contributed by atoms with Gasteiger partial charge >= 0.3 is 0 Å². The molecule has 0 aromatic heterocycles. The number of halogens is 1. The van der Waals surface area contributed by atoms with Gasteiger partial charge in [-0.2, -0.15) is 0 Å². The zero-order valence-electron chi connectivity index (χ0n) is 9.61. The normalized spacial score (nSPS) is 24.8. The molecule has 1 aromatic rings. The lowest BCUT2D eigenvalue weighted by Crippen LogP contribution is -2.21. The minimum absolute atomic E-state index is 0.184. The summed E-state index contributed by atoms with van der Waals surface area (Å²) in [5.41, 5.74) is 0.912. The summed E-state index contributed by atoms with van der Waals surface area (Å²) < 4.78 is 13.4. The predicted molar refractivity (Wildman–Crippen MR) is 62.3 cm³/mol. The van der Waals surface area contributed by atoms with Gasteiger partial charge in [-0.3, -0.25) is 4.79 Å². The van der Waals surface area contributed by atoms with Gasteiger partial charge in [0.1, 0.15) is 5.82 Å². The Labute approximate surface area is 95.1 Å².